The van der Waals surface area contributed by atoms with Crippen molar-refractivity contribution in [2.24, 2.45) is 28.7 Å². The first-order valence-electron chi connectivity index (χ1n) is 13.7. The summed E-state index contributed by atoms with van der Waals surface area (Å²) in [5.74, 6) is 2.22. The molecule has 35 heavy (non-hydrogen) atoms. The molecule has 194 valence electrons. The van der Waals surface area contributed by atoms with E-state index in [1.807, 2.05) is 25.5 Å². The Balaban J connectivity index is 1.33. The first kappa shape index (κ1) is 25.8. The van der Waals surface area contributed by atoms with Gasteiger partial charge in [-0.05, 0) is 88.8 Å². The average molecular weight is 483 g/mol. The molecule has 7 heteroatoms. The summed E-state index contributed by atoms with van der Waals surface area (Å²) < 4.78 is 0. The Morgan fingerprint density at radius 3 is 2.97 bits per heavy atom. The van der Waals surface area contributed by atoms with Crippen LogP contribution in [0.2, 0.25) is 0 Å². The number of hydrogen-bond donors (Lipinski definition) is 4. The number of carbonyl (C=O) groups is 1. The number of carbonyl (C=O) groups excluding carboxylic acids is 1. The van der Waals surface area contributed by atoms with Crippen molar-refractivity contribution in [3.8, 4) is 0 Å². The maximum Gasteiger partial charge on any atom is 0.248 e. The summed E-state index contributed by atoms with van der Waals surface area (Å²) in [6.07, 6.45) is 15.6. The fourth-order valence-corrected chi connectivity index (χ4v) is 6.00. The molecule has 7 nitrogen and oxygen atoms in total. The van der Waals surface area contributed by atoms with Crippen molar-refractivity contribution in [3.05, 3.63) is 35.3 Å². The molecule has 0 aromatic carbocycles. The van der Waals surface area contributed by atoms with Gasteiger partial charge in [0.2, 0.25) is 5.91 Å². The number of nitrogens with zero attached hydrogens (tertiary/aromatic N) is 2. The van der Waals surface area contributed by atoms with Gasteiger partial charge in [-0.15, -0.1) is 0 Å². The lowest BCUT2D eigenvalue weighted by atomic mass is 9.75. The maximum absolute atomic E-state index is 13.0. The molecule has 1 aliphatic carbocycles. The molecule has 4 rings (SSSR count). The van der Waals surface area contributed by atoms with Gasteiger partial charge in [-0.2, -0.15) is 0 Å². The highest BCUT2D eigenvalue weighted by Crippen LogP contribution is 2.35. The second kappa shape index (κ2) is 11.6. The number of rotatable bonds is 9. The summed E-state index contributed by atoms with van der Waals surface area (Å²) in [5.41, 5.74) is 6.95. The van der Waals surface area contributed by atoms with Crippen LogP contribution >= 0.6 is 0 Å². The Labute approximate surface area is 211 Å². The molecule has 4 N–H and O–H groups in total. The maximum atomic E-state index is 13.0. The smallest absolute Gasteiger partial charge is 0.248 e. The summed E-state index contributed by atoms with van der Waals surface area (Å²) in [4.78, 5) is 17.6. The number of hydrazine groups is 1. The Morgan fingerprint density at radius 1 is 1.34 bits per heavy atom. The SMILES string of the molecule is CCC(C)NN(/C=C(\C)C(=O)NCC1=CNC2N=C[C@@H](C)C[C@@H]12)C[C@@H]1CC[C@@H]2NC(C)=CC[C@@H]2C1. The molecule has 1 amide bonds. The number of amides is 1. The summed E-state index contributed by atoms with van der Waals surface area (Å²) in [6, 6.07) is 0.994. The van der Waals surface area contributed by atoms with Crippen LogP contribution in [-0.4, -0.2) is 48.5 Å². The van der Waals surface area contributed by atoms with E-state index in [1.54, 1.807) is 0 Å². The van der Waals surface area contributed by atoms with E-state index in [0.29, 0.717) is 36.4 Å². The predicted molar refractivity (Wildman–Crippen MR) is 143 cm³/mol. The molecule has 4 aliphatic rings. The van der Waals surface area contributed by atoms with Crippen LogP contribution in [0, 0.1) is 23.7 Å². The molecule has 1 saturated carbocycles. The van der Waals surface area contributed by atoms with Crippen molar-refractivity contribution in [1.82, 2.24) is 26.4 Å². The zero-order valence-electron chi connectivity index (χ0n) is 22.3. The van der Waals surface area contributed by atoms with E-state index in [4.69, 9.17) is 0 Å². The molecule has 0 spiro atoms. The molecular weight excluding hydrogens is 436 g/mol. The molecule has 2 unspecified atom stereocenters. The van der Waals surface area contributed by atoms with Gasteiger partial charge in [0.05, 0.1) is 0 Å². The zero-order valence-corrected chi connectivity index (χ0v) is 22.3. The molecule has 7 atom stereocenters. The third-order valence-corrected chi connectivity index (χ3v) is 8.27. The van der Waals surface area contributed by atoms with Crippen LogP contribution in [0.5, 0.6) is 0 Å². The Hall–Kier alpha value is -2.28. The lowest BCUT2D eigenvalue weighted by Gasteiger charge is -2.41. The van der Waals surface area contributed by atoms with Gasteiger partial charge in [0.15, 0.2) is 0 Å². The third-order valence-electron chi connectivity index (χ3n) is 8.27. The molecule has 3 heterocycles. The minimum absolute atomic E-state index is 0.00142. The van der Waals surface area contributed by atoms with Crippen molar-refractivity contribution in [3.63, 3.8) is 0 Å². The predicted octanol–water partition coefficient (Wildman–Crippen LogP) is 3.83. The van der Waals surface area contributed by atoms with Gasteiger partial charge >= 0.3 is 0 Å². The fourth-order valence-electron chi connectivity index (χ4n) is 6.00. The number of allylic oxidation sites excluding steroid dienone is 2. The lowest BCUT2D eigenvalue weighted by molar-refractivity contribution is -0.117. The van der Waals surface area contributed by atoms with E-state index in [-0.39, 0.29) is 12.1 Å². The minimum atomic E-state index is -0.00142. The van der Waals surface area contributed by atoms with Crippen LogP contribution in [0.25, 0.3) is 0 Å². The van der Waals surface area contributed by atoms with Gasteiger partial charge < -0.3 is 21.0 Å². The third kappa shape index (κ3) is 6.69. The zero-order chi connectivity index (χ0) is 24.9. The lowest BCUT2D eigenvalue weighted by Crippen LogP contribution is -2.47. The molecular formula is C28H46N6O. The minimum Gasteiger partial charge on any atom is -0.386 e. The van der Waals surface area contributed by atoms with Gasteiger partial charge in [0.25, 0.3) is 0 Å². The van der Waals surface area contributed by atoms with Crippen LogP contribution < -0.4 is 21.4 Å². The van der Waals surface area contributed by atoms with Crippen molar-refractivity contribution in [2.75, 3.05) is 13.1 Å². The molecule has 0 bridgehead atoms. The van der Waals surface area contributed by atoms with Crippen LogP contribution in [0.3, 0.4) is 0 Å². The molecule has 3 aliphatic heterocycles. The van der Waals surface area contributed by atoms with E-state index in [9.17, 15) is 4.79 Å². The molecule has 0 radical (unpaired) electrons. The summed E-state index contributed by atoms with van der Waals surface area (Å²) in [7, 11) is 0. The summed E-state index contributed by atoms with van der Waals surface area (Å²) in [5, 5.41) is 12.4. The Kier molecular flexibility index (Phi) is 8.58. The van der Waals surface area contributed by atoms with Gasteiger partial charge in [-0.25, -0.2) is 5.43 Å². The van der Waals surface area contributed by atoms with Crippen molar-refractivity contribution in [2.45, 2.75) is 91.4 Å². The monoisotopic (exact) mass is 482 g/mol. The molecule has 0 saturated heterocycles. The normalized spacial score (nSPS) is 32.9. The van der Waals surface area contributed by atoms with E-state index in [1.165, 1.54) is 37.0 Å². The quantitative estimate of drug-likeness (QED) is 0.297. The topological polar surface area (TPSA) is 80.8 Å². The van der Waals surface area contributed by atoms with Gasteiger partial charge in [-0.3, -0.25) is 9.79 Å². The van der Waals surface area contributed by atoms with Crippen LogP contribution in [0.4, 0.5) is 0 Å². The number of nitrogens with one attached hydrogen (secondary N) is 4. The molecule has 1 fully saturated rings. The van der Waals surface area contributed by atoms with E-state index >= 15 is 0 Å². The van der Waals surface area contributed by atoms with Crippen molar-refractivity contribution < 1.29 is 4.79 Å². The van der Waals surface area contributed by atoms with Gasteiger partial charge in [-0.1, -0.05) is 19.9 Å². The fraction of sp³-hybridized carbons (Fsp3) is 0.714. The average Bonchev–Trinajstić information content (AvgIpc) is 3.24. The second-order valence-corrected chi connectivity index (χ2v) is 11.3. The van der Waals surface area contributed by atoms with Crippen LogP contribution in [0.15, 0.2) is 40.3 Å². The highest BCUT2D eigenvalue weighted by atomic mass is 16.1. The molecule has 0 aromatic rings. The van der Waals surface area contributed by atoms with Crippen LogP contribution in [0.1, 0.15) is 73.1 Å². The van der Waals surface area contributed by atoms with Gasteiger partial charge in [0.1, 0.15) is 6.17 Å². The van der Waals surface area contributed by atoms with E-state index in [2.05, 4.69) is 65.1 Å². The van der Waals surface area contributed by atoms with Crippen molar-refractivity contribution in [1.29, 1.82) is 0 Å². The molecule has 0 aromatic heterocycles. The number of fused-ring (bicyclic) bond motifs is 2. The summed E-state index contributed by atoms with van der Waals surface area (Å²) in [6.45, 7) is 12.2. The van der Waals surface area contributed by atoms with Gasteiger partial charge in [0, 0.05) is 54.8 Å². The second-order valence-electron chi connectivity index (χ2n) is 11.3. The number of hydrogen-bond acceptors (Lipinski definition) is 6. The first-order chi connectivity index (χ1) is 16.8. The van der Waals surface area contributed by atoms with E-state index < -0.39 is 0 Å². The Bertz CT molecular complexity index is 877. The first-order valence-corrected chi connectivity index (χ1v) is 13.7. The number of aliphatic imine (C=N–C) groups is 1. The van der Waals surface area contributed by atoms with E-state index in [0.717, 1.165) is 30.9 Å². The van der Waals surface area contributed by atoms with Crippen LogP contribution in [-0.2, 0) is 4.79 Å². The highest BCUT2D eigenvalue weighted by molar-refractivity contribution is 5.92. The largest absolute Gasteiger partial charge is 0.386 e. The Morgan fingerprint density at radius 2 is 2.17 bits per heavy atom. The summed E-state index contributed by atoms with van der Waals surface area (Å²) >= 11 is 0. The van der Waals surface area contributed by atoms with Crippen molar-refractivity contribution >= 4 is 12.1 Å². The highest BCUT2D eigenvalue weighted by Gasteiger charge is 2.34. The standard InChI is InChI=1S/C28H46N6O/c1-6-20(4)33-34(17-22-8-10-26-23(12-22)9-7-21(5)32-26)16-19(3)28(35)31-15-24-14-30-27-25(24)11-18(2)13-29-27/h7,13-14,16,18,20,22-23,25-27,30,32-33H,6,8-12,15,17H2,1-5H3,(H,31,35)/b19-16+/t18-,20?,22+,23+,25-,26-,27?/m0/s1.